The number of carbonyl (C=O) groups is 1. The minimum absolute atomic E-state index is 0.0225. The second kappa shape index (κ2) is 9.40. The van der Waals surface area contributed by atoms with Crippen LogP contribution in [-0.4, -0.2) is 28.3 Å². The van der Waals surface area contributed by atoms with E-state index >= 15 is 0 Å². The van der Waals surface area contributed by atoms with Crippen LogP contribution in [0.15, 0.2) is 59.5 Å². The third-order valence-corrected chi connectivity index (χ3v) is 5.44. The van der Waals surface area contributed by atoms with Crippen molar-refractivity contribution < 1.29 is 9.53 Å². The molecule has 0 unspecified atom stereocenters. The molecule has 0 bridgehead atoms. The van der Waals surface area contributed by atoms with E-state index in [1.165, 1.54) is 17.3 Å². The van der Waals surface area contributed by atoms with E-state index in [1.54, 1.807) is 4.90 Å². The first-order valence-corrected chi connectivity index (χ1v) is 9.85. The minimum atomic E-state index is -0.0225. The number of rotatable bonds is 7. The number of hydrogen-bond acceptors (Lipinski definition) is 4. The summed E-state index contributed by atoms with van der Waals surface area (Å²) in [5, 5.41) is 0. The highest BCUT2D eigenvalue weighted by Crippen LogP contribution is 2.33. The summed E-state index contributed by atoms with van der Waals surface area (Å²) in [6.45, 7) is 0.872. The molecule has 1 saturated heterocycles. The maximum atomic E-state index is 12.7. The highest BCUT2D eigenvalue weighted by Gasteiger charge is 2.31. The van der Waals surface area contributed by atoms with Gasteiger partial charge in [0.1, 0.15) is 16.7 Å². The van der Waals surface area contributed by atoms with Crippen LogP contribution in [0.1, 0.15) is 17.5 Å². The molecule has 0 N–H and O–H groups in total. The lowest BCUT2D eigenvalue weighted by Crippen LogP contribution is -2.29. The molecule has 136 valence electrons. The van der Waals surface area contributed by atoms with Gasteiger partial charge >= 0.3 is 0 Å². The van der Waals surface area contributed by atoms with E-state index in [-0.39, 0.29) is 12.5 Å². The number of hydrogen-bond donors (Lipinski definition) is 0. The van der Waals surface area contributed by atoms with Crippen LogP contribution >= 0.6 is 24.0 Å². The fourth-order valence-corrected chi connectivity index (χ4v) is 4.02. The molecule has 0 saturated carbocycles. The number of thiocarbonyl (C=S) groups is 1. The summed E-state index contributed by atoms with van der Waals surface area (Å²) in [7, 11) is 0. The zero-order valence-electron chi connectivity index (χ0n) is 14.8. The van der Waals surface area contributed by atoms with Crippen molar-refractivity contribution in [2.45, 2.75) is 12.8 Å². The van der Waals surface area contributed by atoms with E-state index in [4.69, 9.17) is 23.4 Å². The Morgan fingerprint density at radius 2 is 1.89 bits per heavy atom. The van der Waals surface area contributed by atoms with Gasteiger partial charge < -0.3 is 4.74 Å². The Labute approximate surface area is 169 Å². The Morgan fingerprint density at radius 3 is 2.59 bits per heavy atom. The molecule has 27 heavy (non-hydrogen) atoms. The molecule has 3 rings (SSSR count). The normalized spacial score (nSPS) is 15.2. The number of aryl methyl sites for hydroxylation is 1. The van der Waals surface area contributed by atoms with Gasteiger partial charge in [0.2, 0.25) is 0 Å². The van der Waals surface area contributed by atoms with Crippen molar-refractivity contribution in [1.29, 1.82) is 0 Å². The van der Waals surface area contributed by atoms with Gasteiger partial charge in [-0.25, -0.2) is 0 Å². The number of nitrogens with zero attached hydrogens (tertiary/aromatic N) is 1. The lowest BCUT2D eigenvalue weighted by Gasteiger charge is -2.14. The second-order valence-corrected chi connectivity index (χ2v) is 7.66. The van der Waals surface area contributed by atoms with Gasteiger partial charge in [0.15, 0.2) is 0 Å². The Balaban J connectivity index is 1.59. The molecular weight excluding hydrogens is 374 g/mol. The Kier molecular flexibility index (Phi) is 6.69. The zero-order valence-corrected chi connectivity index (χ0v) is 16.4. The molecule has 2 aromatic carbocycles. The highest BCUT2D eigenvalue weighted by molar-refractivity contribution is 8.26. The molecule has 5 heteroatoms. The summed E-state index contributed by atoms with van der Waals surface area (Å²) in [5.74, 6) is 3.11. The van der Waals surface area contributed by atoms with Crippen molar-refractivity contribution in [3.05, 3.63) is 70.6 Å². The number of amides is 1. The summed E-state index contributed by atoms with van der Waals surface area (Å²) in [6.07, 6.45) is 8.85. The molecule has 0 aliphatic carbocycles. The minimum Gasteiger partial charge on any atom is -0.481 e. The van der Waals surface area contributed by atoms with Crippen molar-refractivity contribution in [1.82, 2.24) is 4.90 Å². The molecule has 3 nitrogen and oxygen atoms in total. The van der Waals surface area contributed by atoms with Crippen molar-refractivity contribution in [2.75, 3.05) is 13.2 Å². The number of thioether (sulfide) groups is 1. The average Bonchev–Trinajstić information content (AvgIpc) is 2.95. The molecule has 0 spiro atoms. The predicted octanol–water partition coefficient (Wildman–Crippen LogP) is 4.53. The fraction of sp³-hybridized carbons (Fsp3) is 0.182. The molecule has 1 aliphatic heterocycles. The first kappa shape index (κ1) is 19.2. The first-order valence-electron chi connectivity index (χ1n) is 8.63. The van der Waals surface area contributed by atoms with Gasteiger partial charge in [0, 0.05) is 6.54 Å². The van der Waals surface area contributed by atoms with Crippen LogP contribution in [0.25, 0.3) is 6.08 Å². The first-order chi connectivity index (χ1) is 13.2. The maximum Gasteiger partial charge on any atom is 0.266 e. The Morgan fingerprint density at radius 1 is 1.15 bits per heavy atom. The summed E-state index contributed by atoms with van der Waals surface area (Å²) in [6, 6.07) is 17.7. The smallest absolute Gasteiger partial charge is 0.266 e. The number of benzene rings is 2. The van der Waals surface area contributed by atoms with Crippen molar-refractivity contribution in [3.8, 4) is 18.1 Å². The Hall–Kier alpha value is -2.55. The number of terminal acetylenes is 1. The van der Waals surface area contributed by atoms with E-state index in [2.05, 4.69) is 18.1 Å². The molecule has 1 fully saturated rings. The van der Waals surface area contributed by atoms with Gasteiger partial charge in [0.25, 0.3) is 5.91 Å². The topological polar surface area (TPSA) is 29.5 Å². The molecular formula is C22H19NO2S2. The lowest BCUT2D eigenvalue weighted by molar-refractivity contribution is -0.122. The van der Waals surface area contributed by atoms with E-state index in [1.807, 2.05) is 48.5 Å². The molecule has 0 atom stereocenters. The summed E-state index contributed by atoms with van der Waals surface area (Å²) < 4.78 is 5.98. The molecule has 1 heterocycles. The third kappa shape index (κ3) is 5.22. The van der Waals surface area contributed by atoms with Crippen molar-refractivity contribution in [3.63, 3.8) is 0 Å². The standard InChI is InChI=1S/C22H19NO2S2/c1-2-15-25-19-12-10-18(11-13-19)16-20-21(24)23(22(26)27-20)14-6-9-17-7-4-3-5-8-17/h1,3-5,7-8,10-13,16H,6,9,14-15H2. The largest absolute Gasteiger partial charge is 0.481 e. The zero-order chi connectivity index (χ0) is 19.1. The van der Waals surface area contributed by atoms with Gasteiger partial charge in [0.05, 0.1) is 4.91 Å². The molecule has 0 aromatic heterocycles. The van der Waals surface area contributed by atoms with Crippen LogP contribution in [0.5, 0.6) is 5.75 Å². The van der Waals surface area contributed by atoms with Gasteiger partial charge in [-0.15, -0.1) is 6.42 Å². The van der Waals surface area contributed by atoms with Gasteiger partial charge in [-0.2, -0.15) is 0 Å². The van der Waals surface area contributed by atoms with E-state index in [0.29, 0.717) is 21.5 Å². The quantitative estimate of drug-likeness (QED) is 0.393. The molecule has 2 aromatic rings. The van der Waals surface area contributed by atoms with Crippen molar-refractivity contribution >= 4 is 40.3 Å². The summed E-state index contributed by atoms with van der Waals surface area (Å²) >= 11 is 6.75. The van der Waals surface area contributed by atoms with Gasteiger partial charge in [-0.05, 0) is 42.2 Å². The molecule has 1 aliphatic rings. The Bertz CT molecular complexity index is 883. The molecule has 0 radical (unpaired) electrons. The van der Waals surface area contributed by atoms with Crippen LogP contribution in [0.2, 0.25) is 0 Å². The van der Waals surface area contributed by atoms with Crippen LogP contribution < -0.4 is 4.74 Å². The fourth-order valence-electron chi connectivity index (χ4n) is 2.72. The van der Waals surface area contributed by atoms with Crippen LogP contribution in [-0.2, 0) is 11.2 Å². The second-order valence-electron chi connectivity index (χ2n) is 5.98. The van der Waals surface area contributed by atoms with Crippen LogP contribution in [0, 0.1) is 12.3 Å². The highest BCUT2D eigenvalue weighted by atomic mass is 32.2. The van der Waals surface area contributed by atoms with Crippen LogP contribution in [0.4, 0.5) is 0 Å². The van der Waals surface area contributed by atoms with Gasteiger partial charge in [-0.3, -0.25) is 9.69 Å². The third-order valence-electron chi connectivity index (χ3n) is 4.06. The summed E-state index contributed by atoms with van der Waals surface area (Å²) in [5.41, 5.74) is 2.19. The van der Waals surface area contributed by atoms with E-state index in [9.17, 15) is 4.79 Å². The van der Waals surface area contributed by atoms with Gasteiger partial charge in [-0.1, -0.05) is 72.4 Å². The van der Waals surface area contributed by atoms with E-state index < -0.39 is 0 Å². The number of carbonyl (C=O) groups excluding carboxylic acids is 1. The maximum absolute atomic E-state index is 12.7. The molecule has 1 amide bonds. The van der Waals surface area contributed by atoms with Crippen LogP contribution in [0.3, 0.4) is 0 Å². The number of ether oxygens (including phenoxy) is 1. The predicted molar refractivity (Wildman–Crippen MR) is 115 cm³/mol. The average molecular weight is 394 g/mol. The van der Waals surface area contributed by atoms with Crippen molar-refractivity contribution in [2.24, 2.45) is 0 Å². The lowest BCUT2D eigenvalue weighted by atomic mass is 10.1. The SMILES string of the molecule is C#CCOc1ccc(C=C2SC(=S)N(CCCc3ccccc3)C2=O)cc1. The monoisotopic (exact) mass is 393 g/mol. The van der Waals surface area contributed by atoms with E-state index in [0.717, 1.165) is 18.4 Å². The summed E-state index contributed by atoms with van der Waals surface area (Å²) in [4.78, 5) is 15.0.